The zero-order chi connectivity index (χ0) is 27.5. The number of ether oxygens (including phenoxy) is 2. The lowest BCUT2D eigenvalue weighted by Gasteiger charge is -2.28. The number of fused-ring (bicyclic) bond motifs is 2. The van der Waals surface area contributed by atoms with E-state index in [2.05, 4.69) is 10.3 Å². The van der Waals surface area contributed by atoms with Gasteiger partial charge in [0.1, 0.15) is 23.4 Å². The molecule has 0 radical (unpaired) electrons. The van der Waals surface area contributed by atoms with Crippen molar-refractivity contribution in [1.82, 2.24) is 20.1 Å². The largest absolute Gasteiger partial charge is 0.497 e. The molecule has 5 rings (SSSR count). The van der Waals surface area contributed by atoms with Gasteiger partial charge in [0, 0.05) is 30.4 Å². The Morgan fingerprint density at radius 3 is 2.79 bits per heavy atom. The number of carbonyl (C=O) groups is 4. The van der Waals surface area contributed by atoms with Crippen LogP contribution in [0.3, 0.4) is 0 Å². The maximum absolute atomic E-state index is 13.5. The Hall–Kier alpha value is -4.41. The van der Waals surface area contributed by atoms with E-state index in [-0.39, 0.29) is 42.6 Å². The number of benzene rings is 1. The van der Waals surface area contributed by atoms with Gasteiger partial charge in [0.15, 0.2) is 5.78 Å². The van der Waals surface area contributed by atoms with E-state index in [9.17, 15) is 19.2 Å². The minimum absolute atomic E-state index is 0.0200. The number of rotatable bonds is 8. The monoisotopic (exact) mass is 534 g/mol. The minimum atomic E-state index is -0.890. The average molecular weight is 535 g/mol. The molecule has 1 N–H and O–H groups in total. The molecule has 1 aromatic carbocycles. The third-order valence-corrected chi connectivity index (χ3v) is 7.17. The first-order valence-electron chi connectivity index (χ1n) is 13.0. The molecule has 3 unspecified atom stereocenters. The molecule has 11 nitrogen and oxygen atoms in total. The summed E-state index contributed by atoms with van der Waals surface area (Å²) in [5, 5.41) is 3.33. The van der Waals surface area contributed by atoms with Gasteiger partial charge in [-0.05, 0) is 42.7 Å². The number of likely N-dealkylation sites (tertiary alicyclic amines) is 2. The summed E-state index contributed by atoms with van der Waals surface area (Å²) < 4.78 is 16.1. The van der Waals surface area contributed by atoms with E-state index in [4.69, 9.17) is 13.9 Å². The van der Waals surface area contributed by atoms with Crippen LogP contribution in [0.4, 0.5) is 4.79 Å². The Balaban J connectivity index is 1.24. The first-order valence-corrected chi connectivity index (χ1v) is 13.0. The lowest BCUT2D eigenvalue weighted by atomic mass is 10.1. The predicted octanol–water partition coefficient (Wildman–Crippen LogP) is 2.72. The molecule has 3 atom stereocenters. The molecule has 39 heavy (non-hydrogen) atoms. The molecule has 0 bridgehead atoms. The van der Waals surface area contributed by atoms with Crippen molar-refractivity contribution < 1.29 is 33.1 Å². The molecule has 2 aliphatic rings. The van der Waals surface area contributed by atoms with Crippen LogP contribution in [0.1, 0.15) is 31.7 Å². The van der Waals surface area contributed by atoms with Crippen molar-refractivity contribution in [2.45, 2.75) is 50.7 Å². The molecule has 3 aromatic rings. The molecule has 3 amide bonds. The van der Waals surface area contributed by atoms with Crippen LogP contribution in [-0.4, -0.2) is 76.8 Å². The molecule has 2 aliphatic heterocycles. The van der Waals surface area contributed by atoms with Crippen molar-refractivity contribution in [2.24, 2.45) is 0 Å². The maximum atomic E-state index is 13.5. The van der Waals surface area contributed by atoms with E-state index in [0.29, 0.717) is 42.5 Å². The van der Waals surface area contributed by atoms with E-state index >= 15 is 0 Å². The van der Waals surface area contributed by atoms with Gasteiger partial charge in [-0.3, -0.25) is 19.4 Å². The number of hydrogen-bond acceptors (Lipinski definition) is 8. The van der Waals surface area contributed by atoms with Crippen molar-refractivity contribution in [3.63, 3.8) is 0 Å². The SMILES string of the molecule is CCCC(NC(=O)Oc1cc2cc(OC)ccc2o1)C(=O)N1CCC2C1C(=O)CN2C(=O)Cc1cccnc1. The lowest BCUT2D eigenvalue weighted by Crippen LogP contribution is -2.53. The highest BCUT2D eigenvalue weighted by molar-refractivity contribution is 5.99. The molecule has 0 aliphatic carbocycles. The van der Waals surface area contributed by atoms with Crippen molar-refractivity contribution in [2.75, 3.05) is 20.2 Å². The van der Waals surface area contributed by atoms with Gasteiger partial charge in [0.05, 0.1) is 26.1 Å². The molecule has 4 heterocycles. The van der Waals surface area contributed by atoms with Crippen LogP contribution < -0.4 is 14.8 Å². The molecular formula is C28H30N4O7. The maximum Gasteiger partial charge on any atom is 0.415 e. The molecular weight excluding hydrogens is 504 g/mol. The van der Waals surface area contributed by atoms with E-state index in [1.54, 1.807) is 54.7 Å². The van der Waals surface area contributed by atoms with Crippen LogP contribution in [0, 0.1) is 0 Å². The molecule has 204 valence electrons. The molecule has 2 aromatic heterocycles. The molecule has 2 saturated heterocycles. The summed E-state index contributed by atoms with van der Waals surface area (Å²) in [6.45, 7) is 2.17. The number of nitrogens with one attached hydrogen (secondary N) is 1. The Morgan fingerprint density at radius 1 is 1.21 bits per heavy atom. The van der Waals surface area contributed by atoms with Crippen molar-refractivity contribution in [3.05, 3.63) is 54.4 Å². The third-order valence-electron chi connectivity index (χ3n) is 7.17. The van der Waals surface area contributed by atoms with E-state index in [0.717, 1.165) is 5.56 Å². The number of Topliss-reactive ketones (excluding diaryl/α,β-unsaturated/α-hetero) is 1. The van der Waals surface area contributed by atoms with Gasteiger partial charge < -0.3 is 29.0 Å². The van der Waals surface area contributed by atoms with Crippen molar-refractivity contribution in [1.29, 1.82) is 0 Å². The first-order chi connectivity index (χ1) is 18.9. The van der Waals surface area contributed by atoms with Crippen LogP contribution in [0.15, 0.2) is 53.2 Å². The molecule has 2 fully saturated rings. The summed E-state index contributed by atoms with van der Waals surface area (Å²) >= 11 is 0. The van der Waals surface area contributed by atoms with E-state index in [1.807, 2.05) is 13.0 Å². The van der Waals surface area contributed by atoms with Gasteiger partial charge in [-0.15, -0.1) is 0 Å². The fourth-order valence-corrected chi connectivity index (χ4v) is 5.35. The summed E-state index contributed by atoms with van der Waals surface area (Å²) in [5.74, 6) is -0.107. The fourth-order valence-electron chi connectivity index (χ4n) is 5.35. The highest BCUT2D eigenvalue weighted by atomic mass is 16.6. The standard InChI is InChI=1S/C28H30N4O7/c1-3-5-20(30-28(36)39-25-14-18-13-19(37-2)7-8-23(18)38-25)27(35)31-11-9-21-26(31)22(33)16-32(21)24(34)12-17-6-4-10-29-15-17/h4,6-8,10,13-15,20-21,26H,3,5,9,11-12,16H2,1-2H3,(H,30,36). The van der Waals surface area contributed by atoms with Crippen LogP contribution in [0.25, 0.3) is 11.0 Å². The zero-order valence-electron chi connectivity index (χ0n) is 21.8. The van der Waals surface area contributed by atoms with Gasteiger partial charge >= 0.3 is 6.09 Å². The normalized spacial score (nSPS) is 19.2. The summed E-state index contributed by atoms with van der Waals surface area (Å²) in [6, 6.07) is 8.32. The van der Waals surface area contributed by atoms with Gasteiger partial charge in [0.25, 0.3) is 5.95 Å². The second-order valence-corrected chi connectivity index (χ2v) is 9.70. The Morgan fingerprint density at radius 2 is 2.05 bits per heavy atom. The number of ketones is 1. The molecule has 0 saturated carbocycles. The highest BCUT2D eigenvalue weighted by Gasteiger charge is 2.52. The van der Waals surface area contributed by atoms with Gasteiger partial charge in [-0.2, -0.15) is 0 Å². The second-order valence-electron chi connectivity index (χ2n) is 9.70. The van der Waals surface area contributed by atoms with Crippen LogP contribution >= 0.6 is 0 Å². The molecule has 0 spiro atoms. The van der Waals surface area contributed by atoms with Gasteiger partial charge in [-0.1, -0.05) is 19.4 Å². The number of pyridine rings is 1. The summed E-state index contributed by atoms with van der Waals surface area (Å²) in [7, 11) is 1.55. The van der Waals surface area contributed by atoms with Crippen molar-refractivity contribution >= 4 is 34.7 Å². The van der Waals surface area contributed by atoms with Crippen LogP contribution in [0.5, 0.6) is 11.7 Å². The summed E-state index contributed by atoms with van der Waals surface area (Å²) in [5.41, 5.74) is 1.28. The zero-order valence-corrected chi connectivity index (χ0v) is 21.8. The lowest BCUT2D eigenvalue weighted by molar-refractivity contribution is -0.138. The minimum Gasteiger partial charge on any atom is -0.497 e. The quantitative estimate of drug-likeness (QED) is 0.467. The average Bonchev–Trinajstić information content (AvgIpc) is 3.62. The Labute approximate surface area is 225 Å². The van der Waals surface area contributed by atoms with Crippen molar-refractivity contribution in [3.8, 4) is 11.7 Å². The third kappa shape index (κ3) is 5.43. The number of hydrogen-bond donors (Lipinski definition) is 1. The number of methoxy groups -OCH3 is 1. The number of aromatic nitrogens is 1. The fraction of sp³-hybridized carbons (Fsp3) is 0.393. The summed E-state index contributed by atoms with van der Waals surface area (Å²) in [6.07, 6.45) is 4.03. The Kier molecular flexibility index (Phi) is 7.49. The second kappa shape index (κ2) is 11.1. The smallest absolute Gasteiger partial charge is 0.415 e. The summed E-state index contributed by atoms with van der Waals surface area (Å²) in [4.78, 5) is 59.3. The molecule has 11 heteroatoms. The number of nitrogens with zero attached hydrogens (tertiary/aromatic N) is 3. The predicted molar refractivity (Wildman–Crippen MR) is 139 cm³/mol. The van der Waals surface area contributed by atoms with E-state index < -0.39 is 18.2 Å². The first kappa shape index (κ1) is 26.2. The number of furan rings is 1. The Bertz CT molecular complexity index is 1390. The highest BCUT2D eigenvalue weighted by Crippen LogP contribution is 2.31. The topological polar surface area (TPSA) is 131 Å². The van der Waals surface area contributed by atoms with E-state index in [1.165, 1.54) is 4.90 Å². The number of amides is 3. The van der Waals surface area contributed by atoms with Crippen LogP contribution in [0.2, 0.25) is 0 Å². The van der Waals surface area contributed by atoms with Gasteiger partial charge in [-0.25, -0.2) is 4.79 Å². The van der Waals surface area contributed by atoms with Crippen LogP contribution in [-0.2, 0) is 20.8 Å². The number of carbonyl (C=O) groups excluding carboxylic acids is 4. The van der Waals surface area contributed by atoms with Gasteiger partial charge in [0.2, 0.25) is 11.8 Å².